The maximum Gasteiger partial charge on any atom is 0.261 e. The van der Waals surface area contributed by atoms with Gasteiger partial charge in [-0.25, -0.2) is 18.4 Å². The van der Waals surface area contributed by atoms with Gasteiger partial charge in [0.05, 0.1) is 28.3 Å². The molecular weight excluding hydrogens is 424 g/mol. The van der Waals surface area contributed by atoms with E-state index in [2.05, 4.69) is 20.0 Å². The van der Waals surface area contributed by atoms with Gasteiger partial charge in [-0.15, -0.1) is 11.3 Å². The Morgan fingerprint density at radius 3 is 2.60 bits per heavy atom. The molecule has 0 aliphatic carbocycles. The molecule has 2 heterocycles. The lowest BCUT2D eigenvalue weighted by atomic mass is 10.1. The van der Waals surface area contributed by atoms with Gasteiger partial charge in [0.1, 0.15) is 5.75 Å². The van der Waals surface area contributed by atoms with E-state index in [1.54, 1.807) is 18.2 Å². The molecule has 1 amide bonds. The average Bonchev–Trinajstić information content (AvgIpc) is 3.19. The SMILES string of the molecule is CCOc1ccc(CCNC(=O)c2ccc(-c3ccnc(NS(C)(=O)=O)n3)s2)cc1. The fourth-order valence-electron chi connectivity index (χ4n) is 2.64. The van der Waals surface area contributed by atoms with Crippen molar-refractivity contribution in [2.45, 2.75) is 13.3 Å². The van der Waals surface area contributed by atoms with Gasteiger partial charge in [-0.3, -0.25) is 9.52 Å². The lowest BCUT2D eigenvalue weighted by Gasteiger charge is -2.06. The van der Waals surface area contributed by atoms with Crippen LogP contribution in [0.3, 0.4) is 0 Å². The number of hydrogen-bond acceptors (Lipinski definition) is 7. The minimum atomic E-state index is -3.47. The Kier molecular flexibility index (Phi) is 7.01. The molecule has 8 nitrogen and oxygen atoms in total. The van der Waals surface area contributed by atoms with E-state index in [-0.39, 0.29) is 11.9 Å². The van der Waals surface area contributed by atoms with Crippen molar-refractivity contribution < 1.29 is 17.9 Å². The molecule has 2 N–H and O–H groups in total. The van der Waals surface area contributed by atoms with Gasteiger partial charge in [0.25, 0.3) is 5.91 Å². The van der Waals surface area contributed by atoms with Crippen LogP contribution in [0.5, 0.6) is 5.75 Å². The predicted molar refractivity (Wildman–Crippen MR) is 117 cm³/mol. The third kappa shape index (κ3) is 6.26. The number of carbonyl (C=O) groups excluding carboxylic acids is 1. The second-order valence-electron chi connectivity index (χ2n) is 6.39. The van der Waals surface area contributed by atoms with Crippen LogP contribution in [-0.4, -0.2) is 43.7 Å². The van der Waals surface area contributed by atoms with Gasteiger partial charge < -0.3 is 10.1 Å². The molecule has 1 aromatic carbocycles. The number of sulfonamides is 1. The number of benzene rings is 1. The van der Waals surface area contributed by atoms with Crippen LogP contribution >= 0.6 is 11.3 Å². The zero-order chi connectivity index (χ0) is 21.6. The summed E-state index contributed by atoms with van der Waals surface area (Å²) in [4.78, 5) is 21.8. The van der Waals surface area contributed by atoms with Crippen LogP contribution in [0, 0.1) is 0 Å². The third-order valence-corrected chi connectivity index (χ3v) is 5.61. The maximum atomic E-state index is 12.4. The second-order valence-corrected chi connectivity index (χ2v) is 9.22. The maximum absolute atomic E-state index is 12.4. The van der Waals surface area contributed by atoms with Crippen molar-refractivity contribution in [3.63, 3.8) is 0 Å². The van der Waals surface area contributed by atoms with E-state index in [1.165, 1.54) is 17.5 Å². The van der Waals surface area contributed by atoms with E-state index < -0.39 is 10.0 Å². The average molecular weight is 447 g/mol. The summed E-state index contributed by atoms with van der Waals surface area (Å²) in [5.41, 5.74) is 1.65. The first kappa shape index (κ1) is 21.7. The first-order valence-corrected chi connectivity index (χ1v) is 12.0. The lowest BCUT2D eigenvalue weighted by molar-refractivity contribution is 0.0958. The van der Waals surface area contributed by atoms with Crippen LogP contribution in [0.25, 0.3) is 10.6 Å². The van der Waals surface area contributed by atoms with Crippen molar-refractivity contribution in [3.05, 3.63) is 59.1 Å². The summed E-state index contributed by atoms with van der Waals surface area (Å²) in [5, 5.41) is 2.91. The first-order valence-electron chi connectivity index (χ1n) is 9.25. The summed E-state index contributed by atoms with van der Waals surface area (Å²) >= 11 is 1.28. The Morgan fingerprint density at radius 2 is 1.90 bits per heavy atom. The summed E-state index contributed by atoms with van der Waals surface area (Å²) in [6.07, 6.45) is 3.21. The molecule has 0 spiro atoms. The fourth-order valence-corrected chi connectivity index (χ4v) is 3.96. The van der Waals surface area contributed by atoms with Gasteiger partial charge in [0, 0.05) is 12.7 Å². The lowest BCUT2D eigenvalue weighted by Crippen LogP contribution is -2.24. The molecule has 3 aromatic rings. The predicted octanol–water partition coefficient (Wildman–Crippen LogP) is 2.95. The van der Waals surface area contributed by atoms with E-state index in [0.717, 1.165) is 22.4 Å². The number of carbonyl (C=O) groups is 1. The molecule has 0 aliphatic rings. The van der Waals surface area contributed by atoms with Gasteiger partial charge in [-0.1, -0.05) is 12.1 Å². The van der Waals surface area contributed by atoms with Crippen molar-refractivity contribution in [1.29, 1.82) is 0 Å². The quantitative estimate of drug-likeness (QED) is 0.523. The molecule has 0 bridgehead atoms. The molecule has 30 heavy (non-hydrogen) atoms. The van der Waals surface area contributed by atoms with Crippen molar-refractivity contribution in [2.24, 2.45) is 0 Å². The highest BCUT2D eigenvalue weighted by molar-refractivity contribution is 7.91. The van der Waals surface area contributed by atoms with Gasteiger partial charge in [0.2, 0.25) is 16.0 Å². The van der Waals surface area contributed by atoms with Gasteiger partial charge in [0.15, 0.2) is 0 Å². The first-order chi connectivity index (χ1) is 14.3. The molecular formula is C20H22N4O4S2. The smallest absolute Gasteiger partial charge is 0.261 e. The number of ether oxygens (including phenoxy) is 1. The Labute approximate surface area is 179 Å². The zero-order valence-corrected chi connectivity index (χ0v) is 18.2. The van der Waals surface area contributed by atoms with E-state index in [0.29, 0.717) is 30.1 Å². The molecule has 3 rings (SSSR count). The molecule has 0 unspecified atom stereocenters. The minimum Gasteiger partial charge on any atom is -0.494 e. The zero-order valence-electron chi connectivity index (χ0n) is 16.6. The summed E-state index contributed by atoms with van der Waals surface area (Å²) in [6.45, 7) is 3.08. The molecule has 2 aromatic heterocycles. The van der Waals surface area contributed by atoms with Crippen LogP contribution in [0.2, 0.25) is 0 Å². The molecule has 0 saturated carbocycles. The largest absolute Gasteiger partial charge is 0.494 e. The summed E-state index contributed by atoms with van der Waals surface area (Å²) in [5.74, 6) is 0.654. The number of thiophene rings is 1. The van der Waals surface area contributed by atoms with Crippen LogP contribution in [0.4, 0.5) is 5.95 Å². The number of nitrogens with one attached hydrogen (secondary N) is 2. The van der Waals surface area contributed by atoms with Crippen molar-refractivity contribution in [3.8, 4) is 16.3 Å². The normalized spacial score (nSPS) is 11.1. The van der Waals surface area contributed by atoms with Crippen molar-refractivity contribution in [1.82, 2.24) is 15.3 Å². The number of rotatable bonds is 9. The van der Waals surface area contributed by atoms with E-state index in [1.807, 2.05) is 31.2 Å². The Balaban J connectivity index is 1.58. The number of anilines is 1. The second kappa shape index (κ2) is 9.68. The Hall–Kier alpha value is -2.98. The Morgan fingerprint density at radius 1 is 1.13 bits per heavy atom. The van der Waals surface area contributed by atoms with Gasteiger partial charge >= 0.3 is 0 Å². The Bertz CT molecular complexity index is 1110. The topological polar surface area (TPSA) is 110 Å². The van der Waals surface area contributed by atoms with Crippen LogP contribution in [0.15, 0.2) is 48.7 Å². The van der Waals surface area contributed by atoms with E-state index >= 15 is 0 Å². The highest BCUT2D eigenvalue weighted by Crippen LogP contribution is 2.27. The minimum absolute atomic E-state index is 0.00948. The molecule has 0 saturated heterocycles. The fraction of sp³-hybridized carbons (Fsp3) is 0.250. The summed E-state index contributed by atoms with van der Waals surface area (Å²) in [6, 6.07) is 13.0. The molecule has 158 valence electrons. The van der Waals surface area contributed by atoms with Crippen LogP contribution in [-0.2, 0) is 16.4 Å². The van der Waals surface area contributed by atoms with Gasteiger partial charge in [-0.05, 0) is 49.2 Å². The van der Waals surface area contributed by atoms with Crippen LogP contribution < -0.4 is 14.8 Å². The monoisotopic (exact) mass is 446 g/mol. The molecule has 0 radical (unpaired) electrons. The standard InChI is InChI=1S/C20H22N4O4S2/c1-3-28-15-6-4-14(5-7-15)10-12-21-19(25)18-9-8-17(29-18)16-11-13-22-20(23-16)24-30(2,26)27/h4-9,11,13H,3,10,12H2,1-2H3,(H,21,25)(H,22,23,24). The van der Waals surface area contributed by atoms with Crippen molar-refractivity contribution >= 4 is 33.2 Å². The highest BCUT2D eigenvalue weighted by atomic mass is 32.2. The molecule has 10 heteroatoms. The van der Waals surface area contributed by atoms with Crippen molar-refractivity contribution in [2.75, 3.05) is 24.1 Å². The number of nitrogens with zero attached hydrogens (tertiary/aromatic N) is 2. The number of hydrogen-bond donors (Lipinski definition) is 2. The third-order valence-electron chi connectivity index (χ3n) is 3.95. The number of aromatic nitrogens is 2. The van der Waals surface area contributed by atoms with E-state index in [9.17, 15) is 13.2 Å². The van der Waals surface area contributed by atoms with Crippen LogP contribution in [0.1, 0.15) is 22.2 Å². The molecule has 0 aliphatic heterocycles. The van der Waals surface area contributed by atoms with E-state index in [4.69, 9.17) is 4.74 Å². The number of amides is 1. The molecule has 0 atom stereocenters. The van der Waals surface area contributed by atoms with Gasteiger partial charge in [-0.2, -0.15) is 0 Å². The summed E-state index contributed by atoms with van der Waals surface area (Å²) in [7, 11) is -3.47. The summed E-state index contributed by atoms with van der Waals surface area (Å²) < 4.78 is 30.3. The molecule has 0 fully saturated rings. The highest BCUT2D eigenvalue weighted by Gasteiger charge is 2.12.